The van der Waals surface area contributed by atoms with Gasteiger partial charge in [0.1, 0.15) is 0 Å². The molecule has 0 saturated carbocycles. The zero-order valence-electron chi connectivity index (χ0n) is 71.1. The molecule has 0 amide bonds. The summed E-state index contributed by atoms with van der Waals surface area (Å²) < 4.78 is 95.8. The van der Waals surface area contributed by atoms with Crippen molar-refractivity contribution in [3.8, 4) is 69.0 Å². The van der Waals surface area contributed by atoms with Crippen molar-refractivity contribution >= 4 is 23.7 Å². The number of nitrogens with zero attached hydrogens (tertiary/aromatic N) is 1. The van der Waals surface area contributed by atoms with E-state index in [1.54, 1.807) is 0 Å². The molecule has 18 heteroatoms. The molecular weight excluding hydrogens is 1410 g/mol. The van der Waals surface area contributed by atoms with Gasteiger partial charge in [0.25, 0.3) is 0 Å². The van der Waals surface area contributed by atoms with Gasteiger partial charge < -0.3 is 0 Å². The van der Waals surface area contributed by atoms with Crippen LogP contribution >= 0.6 is 23.7 Å². The monoisotopic (exact) mass is 1550 g/mol. The topological polar surface area (TPSA) is 147 Å². The molecule has 0 atom stereocenters. The molecule has 1 heterocycles. The summed E-state index contributed by atoms with van der Waals surface area (Å²) in [6.07, 6.45) is 18.0. The Hall–Kier alpha value is -6.20. The Morgan fingerprint density at radius 1 is 0.269 bits per heavy atom. The fourth-order valence-electron chi connectivity index (χ4n) is 12.9. The number of hydrogen-bond donors (Lipinski definition) is 2. The first-order chi connectivity index (χ1) is 50.8. The zero-order valence-corrected chi connectivity index (χ0v) is 73.7. The number of hydrogen-bond acceptors (Lipinski definition) is 15. The van der Waals surface area contributed by atoms with Crippen molar-refractivity contribution < 1.29 is 55.6 Å². The normalized spacial score (nSPS) is 15.8. The molecular formula is C90H140N3O12P3. The molecule has 0 spiro atoms. The third kappa shape index (κ3) is 24.9. The van der Waals surface area contributed by atoms with Gasteiger partial charge in [0.05, 0.1) is 0 Å². The molecule has 602 valence electrons. The Labute approximate surface area is 655 Å². The van der Waals surface area contributed by atoms with Crippen LogP contribution in [0.25, 0.3) is 0 Å². The second-order valence-corrected chi connectivity index (χ2v) is 42.5. The van der Waals surface area contributed by atoms with Gasteiger partial charge in [0.2, 0.25) is 0 Å². The van der Waals surface area contributed by atoms with Gasteiger partial charge in [0.15, 0.2) is 0 Å². The molecule has 1 aliphatic heterocycles. The molecule has 0 saturated heterocycles. The number of unbranched alkanes of at least 4 members (excludes halogenated alkanes) is 12. The number of benzene rings is 6. The molecule has 0 aliphatic carbocycles. The van der Waals surface area contributed by atoms with E-state index in [-0.39, 0.29) is 8.52 Å². The van der Waals surface area contributed by atoms with Crippen LogP contribution in [0.4, 0.5) is 0 Å². The van der Waals surface area contributed by atoms with Gasteiger partial charge in [-0.1, -0.05) is 0 Å². The summed E-state index contributed by atoms with van der Waals surface area (Å²) in [5.41, 5.74) is 2.57. The Morgan fingerprint density at radius 2 is 0.454 bits per heavy atom. The molecule has 0 bridgehead atoms. The molecule has 7 rings (SSSR count). The molecule has 2 N–H and O–H groups in total. The van der Waals surface area contributed by atoms with Gasteiger partial charge in [0, 0.05) is 0 Å². The molecule has 0 unspecified atom stereocenters. The van der Waals surface area contributed by atoms with Crippen molar-refractivity contribution in [3.05, 3.63) is 143 Å². The van der Waals surface area contributed by atoms with Crippen LogP contribution in [0, 0.1) is 0 Å². The maximum atomic E-state index is 8.26. The molecule has 6 aromatic carbocycles. The minimum absolute atomic E-state index is 0.106. The number of nitrogens with one attached hydrogen (secondary N) is 2. The first-order valence-corrected chi connectivity index (χ1v) is 45.5. The third-order valence-electron chi connectivity index (χ3n) is 19.0. The summed E-state index contributed by atoms with van der Waals surface area (Å²) in [4.78, 5) is 7.90. The van der Waals surface area contributed by atoms with E-state index in [2.05, 4.69) is 176 Å². The van der Waals surface area contributed by atoms with E-state index in [4.69, 9.17) is 60.1 Å². The first-order valence-electron chi connectivity index (χ1n) is 40.7. The zero-order chi connectivity index (χ0) is 79.3. The van der Waals surface area contributed by atoms with Crippen LogP contribution in [0.2, 0.25) is 0 Å². The molecule has 0 fully saturated rings. The second kappa shape index (κ2) is 38.3. The van der Waals surface area contributed by atoms with Crippen LogP contribution in [0.5, 0.6) is 69.0 Å². The van der Waals surface area contributed by atoms with Crippen molar-refractivity contribution in [1.29, 1.82) is 0 Å². The van der Waals surface area contributed by atoms with Crippen molar-refractivity contribution in [2.75, 3.05) is 39.6 Å². The summed E-state index contributed by atoms with van der Waals surface area (Å²) in [6.45, 7) is 55.8. The van der Waals surface area contributed by atoms with E-state index in [1.165, 1.54) is 0 Å². The van der Waals surface area contributed by atoms with Gasteiger partial charge in [-0.2, -0.15) is 0 Å². The van der Waals surface area contributed by atoms with Crippen LogP contribution in [0.15, 0.2) is 114 Å². The van der Waals surface area contributed by atoms with E-state index < -0.39 is 47.7 Å². The molecule has 1 aliphatic rings. The quantitative estimate of drug-likeness (QED) is 0.0277. The van der Waals surface area contributed by atoms with Gasteiger partial charge in [-0.3, -0.25) is 0 Å². The van der Waals surface area contributed by atoms with Gasteiger partial charge in [-0.25, -0.2) is 0 Å². The first kappa shape index (κ1) is 89.0. The van der Waals surface area contributed by atoms with Crippen LogP contribution in [0.3, 0.4) is 0 Å². The second-order valence-electron chi connectivity index (χ2n) is 35.4. The SMILES string of the molecule is CCCCCOc1ccc(OP2(Oc3ccc(OCCCCC)c(C(C)(C)C)c3)(Oc3ccc(OCCCCC)c(C(C)(C)C)c3)N=PNP(Oc3ccc(OCCCCC)c(C(C)(C)C)c3)(Oc3ccc(OCCCCC)c(C(C)(C)C)c3)(Oc3ccc(OCCCCC)c(C(C)(C)C)c3)N2)cc1C(C)(C)C. The Bertz CT molecular complexity index is 3480. The molecule has 6 aromatic rings. The average Bonchev–Trinajstić information content (AvgIpc) is 0.684. The number of rotatable bonds is 42. The summed E-state index contributed by atoms with van der Waals surface area (Å²) in [7, 11) is -12.0. The molecule has 0 radical (unpaired) electrons. The molecule has 108 heavy (non-hydrogen) atoms. The van der Waals surface area contributed by atoms with E-state index in [1.807, 2.05) is 109 Å². The fourth-order valence-corrected chi connectivity index (χ4v) is 23.1. The summed E-state index contributed by atoms with van der Waals surface area (Å²) in [6, 6.07) is 35.7. The van der Waals surface area contributed by atoms with Gasteiger partial charge in [-0.05, 0) is 0 Å². The van der Waals surface area contributed by atoms with E-state index in [0.717, 1.165) is 183 Å². The summed E-state index contributed by atoms with van der Waals surface area (Å²) in [5.74, 6) is 6.57. The third-order valence-corrected chi connectivity index (χ3v) is 28.2. The Kier molecular flexibility index (Phi) is 31.6. The minimum atomic E-state index is -6.08. The van der Waals surface area contributed by atoms with E-state index in [0.29, 0.717) is 74.1 Å². The predicted molar refractivity (Wildman–Crippen MR) is 454 cm³/mol. The summed E-state index contributed by atoms with van der Waals surface area (Å²) >= 11 is 0. The average molecular weight is 1550 g/mol. The van der Waals surface area contributed by atoms with Crippen molar-refractivity contribution in [2.45, 2.75) is 314 Å². The van der Waals surface area contributed by atoms with Crippen LogP contribution in [-0.4, -0.2) is 39.6 Å². The van der Waals surface area contributed by atoms with Crippen molar-refractivity contribution in [2.24, 2.45) is 4.52 Å². The standard InChI is InChI=1S/C90H140N3O12P3/c1-25-31-37-55-94-79-49-43-67(61-73(79)85(7,8)9)100-107(101-68-44-50-80(95-56-38-32-26-2)74(62-68)86(10,11)12,102-69-45-51-81(96-57-39-33-27-3)75(63-69)87(13,14)15)91-106-92-108(93-107,103-70-46-52-82(97-58-40-34-28-4)76(64-70)88(16,17)18,104-71-47-53-83(98-59-41-35-29-5)77(65-71)89(19,20)21)105-72-48-54-84(99-60-42-36-30-6)78(66-72)90(22,23)24/h43-54,61-66,93H,25-42,55-60H2,1-24H3,(H,91,92). The molecule has 0 aromatic heterocycles. The maximum absolute atomic E-state index is 8.26. The van der Waals surface area contributed by atoms with Crippen LogP contribution in [-0.2, 0) is 32.5 Å². The van der Waals surface area contributed by atoms with E-state index in [9.17, 15) is 0 Å². The number of ether oxygens (including phenoxy) is 6. The summed E-state index contributed by atoms with van der Waals surface area (Å²) in [5, 5.41) is 0. The van der Waals surface area contributed by atoms with Crippen LogP contribution in [0.1, 0.15) is 315 Å². The molecule has 15 nitrogen and oxygen atoms in total. The predicted octanol–water partition coefficient (Wildman–Crippen LogP) is 28.2. The van der Waals surface area contributed by atoms with Crippen molar-refractivity contribution in [3.63, 3.8) is 0 Å². The van der Waals surface area contributed by atoms with Gasteiger partial charge >= 0.3 is 659 Å². The van der Waals surface area contributed by atoms with Crippen molar-refractivity contribution in [1.82, 2.24) is 9.72 Å². The van der Waals surface area contributed by atoms with Crippen LogP contribution < -0.4 is 65.3 Å². The van der Waals surface area contributed by atoms with Gasteiger partial charge in [-0.15, -0.1) is 0 Å². The Morgan fingerprint density at radius 3 is 0.630 bits per heavy atom. The Balaban J connectivity index is 1.75. The van der Waals surface area contributed by atoms with E-state index >= 15 is 0 Å². The fraction of sp³-hybridized carbons (Fsp3) is 0.600.